The number of alkyl halides is 3. The molecular weight excluding hydrogens is 293 g/mol. The van der Waals surface area contributed by atoms with Crippen molar-refractivity contribution >= 4 is 11.6 Å². The molecule has 7 heteroatoms. The van der Waals surface area contributed by atoms with Crippen molar-refractivity contribution in [2.75, 3.05) is 0 Å². The third kappa shape index (κ3) is 3.39. The SMILES string of the molecule is Cc1ccc(Oc2cc(Cl)nc(C(F)(F)F)n2)cc1C. The highest BCUT2D eigenvalue weighted by molar-refractivity contribution is 6.29. The molecule has 20 heavy (non-hydrogen) atoms. The minimum atomic E-state index is -4.67. The number of halogens is 4. The standard InChI is InChI=1S/C13H10ClF3N2O/c1-7-3-4-9(5-8(7)2)20-11-6-10(14)18-12(19-11)13(15,16)17/h3-6H,1-2H3. The van der Waals surface area contributed by atoms with Crippen LogP contribution < -0.4 is 4.74 Å². The summed E-state index contributed by atoms with van der Waals surface area (Å²) in [7, 11) is 0. The number of benzene rings is 1. The zero-order valence-electron chi connectivity index (χ0n) is 10.6. The fourth-order valence-corrected chi connectivity index (χ4v) is 1.65. The number of ether oxygens (including phenoxy) is 1. The summed E-state index contributed by atoms with van der Waals surface area (Å²) in [4.78, 5) is 6.44. The maximum Gasteiger partial charge on any atom is 0.451 e. The van der Waals surface area contributed by atoms with E-state index in [1.807, 2.05) is 13.8 Å². The Morgan fingerprint density at radius 1 is 1.05 bits per heavy atom. The number of hydrogen-bond acceptors (Lipinski definition) is 3. The fourth-order valence-electron chi connectivity index (χ4n) is 1.47. The van der Waals surface area contributed by atoms with E-state index in [1.165, 1.54) is 0 Å². The van der Waals surface area contributed by atoms with Crippen LogP contribution in [0.3, 0.4) is 0 Å². The van der Waals surface area contributed by atoms with Gasteiger partial charge in [0, 0.05) is 6.07 Å². The molecule has 1 heterocycles. The summed E-state index contributed by atoms with van der Waals surface area (Å²) in [5, 5.41) is -0.328. The van der Waals surface area contributed by atoms with Crippen LogP contribution in [-0.2, 0) is 6.18 Å². The molecule has 0 radical (unpaired) electrons. The van der Waals surface area contributed by atoms with Crippen LogP contribution in [0.15, 0.2) is 24.3 Å². The second-order valence-corrected chi connectivity index (χ2v) is 4.59. The van der Waals surface area contributed by atoms with Crippen molar-refractivity contribution in [2.45, 2.75) is 20.0 Å². The highest BCUT2D eigenvalue weighted by atomic mass is 35.5. The molecule has 1 aromatic heterocycles. The van der Waals surface area contributed by atoms with Gasteiger partial charge in [-0.25, -0.2) is 4.98 Å². The summed E-state index contributed by atoms with van der Waals surface area (Å²) in [5.74, 6) is -1.19. The van der Waals surface area contributed by atoms with E-state index in [1.54, 1.807) is 18.2 Å². The Morgan fingerprint density at radius 2 is 1.75 bits per heavy atom. The molecule has 2 rings (SSSR count). The zero-order valence-corrected chi connectivity index (χ0v) is 11.4. The van der Waals surface area contributed by atoms with E-state index in [0.29, 0.717) is 5.75 Å². The molecule has 0 aliphatic heterocycles. The van der Waals surface area contributed by atoms with Crippen LogP contribution >= 0.6 is 11.6 Å². The zero-order chi connectivity index (χ0) is 14.9. The Kier molecular flexibility index (Phi) is 3.85. The molecule has 0 aliphatic carbocycles. The van der Waals surface area contributed by atoms with Crippen molar-refractivity contribution in [3.05, 3.63) is 46.4 Å². The summed E-state index contributed by atoms with van der Waals surface area (Å²) in [5.41, 5.74) is 2.01. The molecule has 0 atom stereocenters. The summed E-state index contributed by atoms with van der Waals surface area (Å²) >= 11 is 5.55. The first-order valence-electron chi connectivity index (χ1n) is 5.62. The van der Waals surface area contributed by atoms with Crippen LogP contribution in [0.25, 0.3) is 0 Å². The molecular formula is C13H10ClF3N2O. The number of nitrogens with zero attached hydrogens (tertiary/aromatic N) is 2. The normalized spacial score (nSPS) is 11.5. The van der Waals surface area contributed by atoms with E-state index < -0.39 is 12.0 Å². The van der Waals surface area contributed by atoms with E-state index in [2.05, 4.69) is 9.97 Å². The Bertz CT molecular complexity index is 644. The Morgan fingerprint density at radius 3 is 2.35 bits per heavy atom. The monoisotopic (exact) mass is 302 g/mol. The number of hydrogen-bond donors (Lipinski definition) is 0. The van der Waals surface area contributed by atoms with Crippen LogP contribution in [-0.4, -0.2) is 9.97 Å². The second kappa shape index (κ2) is 5.28. The van der Waals surface area contributed by atoms with Crippen molar-refractivity contribution < 1.29 is 17.9 Å². The Hall–Kier alpha value is -1.82. The van der Waals surface area contributed by atoms with Gasteiger partial charge in [0.05, 0.1) is 0 Å². The molecule has 0 bridgehead atoms. The lowest BCUT2D eigenvalue weighted by molar-refractivity contribution is -0.145. The van der Waals surface area contributed by atoms with Crippen LogP contribution in [0.4, 0.5) is 13.2 Å². The smallest absolute Gasteiger partial charge is 0.439 e. The van der Waals surface area contributed by atoms with Gasteiger partial charge in [0.15, 0.2) is 0 Å². The van der Waals surface area contributed by atoms with E-state index in [9.17, 15) is 13.2 Å². The topological polar surface area (TPSA) is 35.0 Å². The van der Waals surface area contributed by atoms with Gasteiger partial charge in [-0.3, -0.25) is 0 Å². The Labute approximate surface area is 118 Å². The first-order chi connectivity index (χ1) is 9.25. The molecule has 2 aromatic rings. The van der Waals surface area contributed by atoms with Crippen molar-refractivity contribution in [3.63, 3.8) is 0 Å². The van der Waals surface area contributed by atoms with Crippen LogP contribution in [0.2, 0.25) is 5.15 Å². The molecule has 0 N–H and O–H groups in total. The molecule has 0 unspecified atom stereocenters. The Balaban J connectivity index is 2.33. The van der Waals surface area contributed by atoms with Crippen molar-refractivity contribution in [2.24, 2.45) is 0 Å². The van der Waals surface area contributed by atoms with Crippen LogP contribution in [0.1, 0.15) is 17.0 Å². The van der Waals surface area contributed by atoms with Crippen LogP contribution in [0.5, 0.6) is 11.6 Å². The highest BCUT2D eigenvalue weighted by Crippen LogP contribution is 2.30. The summed E-state index contributed by atoms with van der Waals surface area (Å²) in [6.07, 6.45) is -4.67. The number of aryl methyl sites for hydroxylation is 2. The third-order valence-electron chi connectivity index (χ3n) is 2.63. The molecule has 0 spiro atoms. The second-order valence-electron chi connectivity index (χ2n) is 4.20. The lowest BCUT2D eigenvalue weighted by atomic mass is 10.1. The lowest BCUT2D eigenvalue weighted by Crippen LogP contribution is -2.11. The van der Waals surface area contributed by atoms with Crippen molar-refractivity contribution in [3.8, 4) is 11.6 Å². The van der Waals surface area contributed by atoms with Gasteiger partial charge in [-0.05, 0) is 37.1 Å². The molecule has 1 aromatic carbocycles. The minimum absolute atomic E-state index is 0.249. The molecule has 3 nitrogen and oxygen atoms in total. The predicted molar refractivity (Wildman–Crippen MR) is 68.0 cm³/mol. The van der Waals surface area contributed by atoms with E-state index in [4.69, 9.17) is 16.3 Å². The maximum absolute atomic E-state index is 12.6. The summed E-state index contributed by atoms with van der Waals surface area (Å²) in [6.45, 7) is 3.79. The van der Waals surface area contributed by atoms with Gasteiger partial charge in [-0.1, -0.05) is 17.7 Å². The first-order valence-corrected chi connectivity index (χ1v) is 6.00. The maximum atomic E-state index is 12.6. The summed E-state index contributed by atoms with van der Waals surface area (Å²) in [6, 6.07) is 6.29. The number of aromatic nitrogens is 2. The van der Waals surface area contributed by atoms with Crippen LogP contribution in [0, 0.1) is 13.8 Å². The third-order valence-corrected chi connectivity index (χ3v) is 2.82. The van der Waals surface area contributed by atoms with E-state index in [0.717, 1.165) is 17.2 Å². The molecule has 0 fully saturated rings. The highest BCUT2D eigenvalue weighted by Gasteiger charge is 2.35. The van der Waals surface area contributed by atoms with Crippen molar-refractivity contribution in [1.82, 2.24) is 9.97 Å². The van der Waals surface area contributed by atoms with Gasteiger partial charge >= 0.3 is 6.18 Å². The van der Waals surface area contributed by atoms with E-state index in [-0.39, 0.29) is 11.0 Å². The fraction of sp³-hybridized carbons (Fsp3) is 0.231. The van der Waals surface area contributed by atoms with E-state index >= 15 is 0 Å². The van der Waals surface area contributed by atoms with Gasteiger partial charge in [0.1, 0.15) is 10.9 Å². The number of rotatable bonds is 2. The van der Waals surface area contributed by atoms with Gasteiger partial charge in [-0.2, -0.15) is 18.2 Å². The molecule has 0 saturated carbocycles. The molecule has 0 aliphatic rings. The summed E-state index contributed by atoms with van der Waals surface area (Å²) < 4.78 is 43.0. The molecule has 106 valence electrons. The average molecular weight is 303 g/mol. The van der Waals surface area contributed by atoms with Gasteiger partial charge < -0.3 is 4.74 Å². The molecule has 0 saturated heterocycles. The quantitative estimate of drug-likeness (QED) is 0.763. The van der Waals surface area contributed by atoms with Gasteiger partial charge in [0.2, 0.25) is 11.7 Å². The van der Waals surface area contributed by atoms with Crippen molar-refractivity contribution in [1.29, 1.82) is 0 Å². The molecule has 0 amide bonds. The van der Waals surface area contributed by atoms with Gasteiger partial charge in [0.25, 0.3) is 0 Å². The minimum Gasteiger partial charge on any atom is -0.439 e. The van der Waals surface area contributed by atoms with Gasteiger partial charge in [-0.15, -0.1) is 0 Å². The largest absolute Gasteiger partial charge is 0.451 e. The predicted octanol–water partition coefficient (Wildman–Crippen LogP) is 4.56. The average Bonchev–Trinajstić information content (AvgIpc) is 2.32. The first kappa shape index (κ1) is 14.6. The lowest BCUT2D eigenvalue weighted by Gasteiger charge is -2.10.